The van der Waals surface area contributed by atoms with E-state index < -0.39 is 0 Å². The summed E-state index contributed by atoms with van der Waals surface area (Å²) in [7, 11) is 0. The third kappa shape index (κ3) is 4.76. The van der Waals surface area contributed by atoms with E-state index in [0.29, 0.717) is 5.56 Å². The summed E-state index contributed by atoms with van der Waals surface area (Å²) in [6, 6.07) is 16.7. The van der Waals surface area contributed by atoms with Gasteiger partial charge < -0.3 is 0 Å². The molecule has 108 valence electrons. The molecule has 21 heavy (non-hydrogen) atoms. The summed E-state index contributed by atoms with van der Waals surface area (Å²) >= 11 is 0. The molecule has 2 aromatic rings. The summed E-state index contributed by atoms with van der Waals surface area (Å²) < 4.78 is 0. The first kappa shape index (κ1) is 14.8. The highest BCUT2D eigenvalue weighted by molar-refractivity contribution is 5.98. The van der Waals surface area contributed by atoms with Gasteiger partial charge in [-0.1, -0.05) is 48.0 Å². The SMILES string of the molecule is Cc1ccc(C(=O)CCC(=O)NNc2ccccc2)cc1. The fraction of sp³-hybridized carbons (Fsp3) is 0.176. The number of Topliss-reactive ketones (excluding diaryl/α,β-unsaturated/α-hetero) is 1. The van der Waals surface area contributed by atoms with Crippen LogP contribution < -0.4 is 10.9 Å². The van der Waals surface area contributed by atoms with E-state index in [4.69, 9.17) is 0 Å². The van der Waals surface area contributed by atoms with Gasteiger partial charge >= 0.3 is 0 Å². The highest BCUT2D eigenvalue weighted by Gasteiger charge is 2.08. The molecule has 0 bridgehead atoms. The van der Waals surface area contributed by atoms with Crippen LogP contribution in [0.4, 0.5) is 5.69 Å². The van der Waals surface area contributed by atoms with Gasteiger partial charge in [0.2, 0.25) is 5.91 Å². The first-order chi connectivity index (χ1) is 10.1. The van der Waals surface area contributed by atoms with Gasteiger partial charge in [-0.3, -0.25) is 20.4 Å². The number of rotatable bonds is 6. The van der Waals surface area contributed by atoms with Gasteiger partial charge in [-0.15, -0.1) is 0 Å². The zero-order chi connectivity index (χ0) is 15.1. The fourth-order valence-electron chi connectivity index (χ4n) is 1.84. The highest BCUT2D eigenvalue weighted by atomic mass is 16.2. The number of hydrogen-bond acceptors (Lipinski definition) is 3. The number of aryl methyl sites for hydroxylation is 1. The third-order valence-corrected chi connectivity index (χ3v) is 3.07. The molecule has 4 heteroatoms. The molecule has 2 rings (SSSR count). The molecule has 4 nitrogen and oxygen atoms in total. The molecule has 0 saturated carbocycles. The second kappa shape index (κ2) is 7.24. The average molecular weight is 282 g/mol. The third-order valence-electron chi connectivity index (χ3n) is 3.07. The molecular formula is C17H18N2O2. The molecule has 0 heterocycles. The largest absolute Gasteiger partial charge is 0.299 e. The maximum absolute atomic E-state index is 11.9. The number of hydrogen-bond donors (Lipinski definition) is 2. The van der Waals surface area contributed by atoms with Crippen LogP contribution in [0.2, 0.25) is 0 Å². The smallest absolute Gasteiger partial charge is 0.238 e. The number of benzene rings is 2. The Morgan fingerprint density at radius 2 is 1.57 bits per heavy atom. The fourth-order valence-corrected chi connectivity index (χ4v) is 1.84. The number of amides is 1. The van der Waals surface area contributed by atoms with E-state index in [9.17, 15) is 9.59 Å². The Labute approximate surface area is 124 Å². The molecule has 0 aromatic heterocycles. The number of carbonyl (C=O) groups is 2. The van der Waals surface area contributed by atoms with E-state index in [1.165, 1.54) is 0 Å². The monoisotopic (exact) mass is 282 g/mol. The maximum Gasteiger partial charge on any atom is 0.238 e. The molecule has 2 aromatic carbocycles. The van der Waals surface area contributed by atoms with Crippen LogP contribution in [0.5, 0.6) is 0 Å². The Bertz CT molecular complexity index is 606. The molecule has 0 fully saturated rings. The van der Waals surface area contributed by atoms with Gasteiger partial charge in [0.15, 0.2) is 5.78 Å². The van der Waals surface area contributed by atoms with E-state index >= 15 is 0 Å². The molecule has 0 saturated heterocycles. The highest BCUT2D eigenvalue weighted by Crippen LogP contribution is 2.08. The molecule has 0 radical (unpaired) electrons. The maximum atomic E-state index is 11.9. The van der Waals surface area contributed by atoms with E-state index in [1.807, 2.05) is 49.4 Å². The Kier molecular flexibility index (Phi) is 5.10. The lowest BCUT2D eigenvalue weighted by Gasteiger charge is -2.08. The number of carbonyl (C=O) groups excluding carboxylic acids is 2. The van der Waals surface area contributed by atoms with Crippen LogP contribution >= 0.6 is 0 Å². The average Bonchev–Trinajstić information content (AvgIpc) is 2.52. The minimum Gasteiger partial charge on any atom is -0.299 e. The van der Waals surface area contributed by atoms with Crippen molar-refractivity contribution < 1.29 is 9.59 Å². The van der Waals surface area contributed by atoms with Crippen LogP contribution in [-0.2, 0) is 4.79 Å². The van der Waals surface area contributed by atoms with Crippen LogP contribution in [0.15, 0.2) is 54.6 Å². The minimum absolute atomic E-state index is 0.0233. The van der Waals surface area contributed by atoms with Crippen molar-refractivity contribution in [2.75, 3.05) is 5.43 Å². The molecule has 0 unspecified atom stereocenters. The van der Waals surface area contributed by atoms with E-state index in [0.717, 1.165) is 11.3 Å². The number of hydrazine groups is 1. The first-order valence-corrected chi connectivity index (χ1v) is 6.85. The van der Waals surface area contributed by atoms with Gasteiger partial charge in [-0.2, -0.15) is 0 Å². The van der Waals surface area contributed by atoms with Gasteiger partial charge in [-0.25, -0.2) is 0 Å². The first-order valence-electron chi connectivity index (χ1n) is 6.85. The van der Waals surface area contributed by atoms with Gasteiger partial charge in [-0.05, 0) is 19.1 Å². The zero-order valence-corrected chi connectivity index (χ0v) is 11.9. The molecule has 0 spiro atoms. The quantitative estimate of drug-likeness (QED) is 0.632. The molecule has 0 atom stereocenters. The predicted molar refractivity (Wildman–Crippen MR) is 83.0 cm³/mol. The zero-order valence-electron chi connectivity index (χ0n) is 11.9. The van der Waals surface area contributed by atoms with Crippen molar-refractivity contribution >= 4 is 17.4 Å². The topological polar surface area (TPSA) is 58.2 Å². The standard InChI is InChI=1S/C17H18N2O2/c1-13-7-9-14(10-8-13)16(20)11-12-17(21)19-18-15-5-3-2-4-6-15/h2-10,18H,11-12H2,1H3,(H,19,21). The summed E-state index contributed by atoms with van der Waals surface area (Å²) in [4.78, 5) is 23.6. The van der Waals surface area contributed by atoms with Crippen molar-refractivity contribution in [1.82, 2.24) is 5.43 Å². The van der Waals surface area contributed by atoms with Crippen LogP contribution in [0, 0.1) is 6.92 Å². The summed E-state index contributed by atoms with van der Waals surface area (Å²) in [5.41, 5.74) is 7.93. The van der Waals surface area contributed by atoms with Gasteiger partial charge in [0, 0.05) is 18.4 Å². The summed E-state index contributed by atoms with van der Waals surface area (Å²) in [6.45, 7) is 1.97. The van der Waals surface area contributed by atoms with Gasteiger partial charge in [0.25, 0.3) is 0 Å². The van der Waals surface area contributed by atoms with Crippen LogP contribution in [0.1, 0.15) is 28.8 Å². The lowest BCUT2D eigenvalue weighted by Crippen LogP contribution is -2.29. The van der Waals surface area contributed by atoms with E-state index in [2.05, 4.69) is 10.9 Å². The molecule has 1 amide bonds. The number of para-hydroxylation sites is 1. The molecular weight excluding hydrogens is 264 g/mol. The second-order valence-corrected chi connectivity index (χ2v) is 4.83. The van der Waals surface area contributed by atoms with Crippen molar-refractivity contribution in [3.05, 3.63) is 65.7 Å². The van der Waals surface area contributed by atoms with E-state index in [-0.39, 0.29) is 24.5 Å². The Morgan fingerprint density at radius 1 is 0.905 bits per heavy atom. The lowest BCUT2D eigenvalue weighted by molar-refractivity contribution is -0.120. The minimum atomic E-state index is -0.209. The van der Waals surface area contributed by atoms with Crippen LogP contribution in [0.25, 0.3) is 0 Å². The number of anilines is 1. The van der Waals surface area contributed by atoms with Crippen LogP contribution in [0.3, 0.4) is 0 Å². The van der Waals surface area contributed by atoms with Gasteiger partial charge in [0.1, 0.15) is 0 Å². The Morgan fingerprint density at radius 3 is 2.24 bits per heavy atom. The molecule has 0 aliphatic rings. The summed E-state index contributed by atoms with van der Waals surface area (Å²) in [6.07, 6.45) is 0.359. The molecule has 0 aliphatic carbocycles. The van der Waals surface area contributed by atoms with Gasteiger partial charge in [0.05, 0.1) is 5.69 Å². The Balaban J connectivity index is 1.76. The Hall–Kier alpha value is -2.62. The lowest BCUT2D eigenvalue weighted by atomic mass is 10.1. The molecule has 2 N–H and O–H groups in total. The van der Waals surface area contributed by atoms with Crippen LogP contribution in [-0.4, -0.2) is 11.7 Å². The normalized spacial score (nSPS) is 9.95. The van der Waals surface area contributed by atoms with Crippen molar-refractivity contribution in [3.8, 4) is 0 Å². The predicted octanol–water partition coefficient (Wildman–Crippen LogP) is 3.10. The summed E-state index contributed by atoms with van der Waals surface area (Å²) in [5, 5.41) is 0. The number of ketones is 1. The van der Waals surface area contributed by atoms with Crippen molar-refractivity contribution in [2.45, 2.75) is 19.8 Å². The summed E-state index contributed by atoms with van der Waals surface area (Å²) in [5.74, 6) is -0.232. The number of nitrogens with one attached hydrogen (secondary N) is 2. The molecule has 0 aliphatic heterocycles. The van der Waals surface area contributed by atoms with Crippen molar-refractivity contribution in [2.24, 2.45) is 0 Å². The second-order valence-electron chi connectivity index (χ2n) is 4.83. The van der Waals surface area contributed by atoms with Crippen molar-refractivity contribution in [1.29, 1.82) is 0 Å². The van der Waals surface area contributed by atoms with E-state index in [1.54, 1.807) is 12.1 Å². The van der Waals surface area contributed by atoms with Crippen molar-refractivity contribution in [3.63, 3.8) is 0 Å².